The fourth-order valence-corrected chi connectivity index (χ4v) is 4.93. The Balaban J connectivity index is 1.73. The molecule has 2 aliphatic heterocycles. The van der Waals surface area contributed by atoms with Crippen molar-refractivity contribution in [2.75, 3.05) is 16.2 Å². The predicted octanol–water partition coefficient (Wildman–Crippen LogP) is 3.90. The summed E-state index contributed by atoms with van der Waals surface area (Å²) >= 11 is 0. The molecule has 1 atom stereocenters. The number of alkyl halides is 3. The molecule has 1 amide bonds. The number of aryl methyl sites for hydroxylation is 1. The van der Waals surface area contributed by atoms with Gasteiger partial charge in [-0.3, -0.25) is 9.52 Å². The Hall–Kier alpha value is -2.55. The van der Waals surface area contributed by atoms with E-state index in [1.54, 1.807) is 11.8 Å². The van der Waals surface area contributed by atoms with Crippen LogP contribution in [0.4, 0.5) is 24.5 Å². The van der Waals surface area contributed by atoms with Crippen molar-refractivity contribution in [3.05, 3.63) is 53.1 Å². The van der Waals surface area contributed by atoms with Gasteiger partial charge < -0.3 is 4.90 Å². The molecule has 0 aliphatic carbocycles. The third-order valence-electron chi connectivity index (χ3n) is 5.14. The molecule has 0 saturated heterocycles. The summed E-state index contributed by atoms with van der Waals surface area (Å²) in [5.74, 6) is -0.508. The van der Waals surface area contributed by atoms with E-state index in [1.165, 1.54) is 18.2 Å². The van der Waals surface area contributed by atoms with Crippen LogP contribution in [0.5, 0.6) is 0 Å². The molecule has 4 rings (SSSR count). The first kappa shape index (κ1) is 18.8. The van der Waals surface area contributed by atoms with Crippen LogP contribution in [0.15, 0.2) is 41.3 Å². The first-order valence-corrected chi connectivity index (χ1v) is 10.2. The predicted molar refractivity (Wildman–Crippen MR) is 97.8 cm³/mol. The fourth-order valence-electron chi connectivity index (χ4n) is 3.79. The van der Waals surface area contributed by atoms with Gasteiger partial charge in [-0.2, -0.15) is 13.2 Å². The minimum atomic E-state index is -4.57. The number of carbonyl (C=O) groups is 1. The molecule has 0 bridgehead atoms. The van der Waals surface area contributed by atoms with Gasteiger partial charge in [0.1, 0.15) is 0 Å². The standard InChI is InChI=1S/C19H17F3N2O3S/c1-11-16-10-15(8-12-4-3-7-24(17(12)16)18(11)25)28(26,27)23-14-6-2-5-13(9-14)19(20,21)22/h2,5-6,8-11,23H,3-4,7H2,1H3/t11-/m1/s1. The van der Waals surface area contributed by atoms with Gasteiger partial charge in [0.2, 0.25) is 5.91 Å². The number of sulfonamides is 1. The van der Waals surface area contributed by atoms with Gasteiger partial charge in [0.05, 0.1) is 22.1 Å². The lowest BCUT2D eigenvalue weighted by atomic mass is 9.97. The highest BCUT2D eigenvalue weighted by molar-refractivity contribution is 7.92. The quantitative estimate of drug-likeness (QED) is 0.835. The van der Waals surface area contributed by atoms with Crippen molar-refractivity contribution in [3.8, 4) is 0 Å². The van der Waals surface area contributed by atoms with Gasteiger partial charge in [0.15, 0.2) is 0 Å². The van der Waals surface area contributed by atoms with E-state index in [0.29, 0.717) is 18.5 Å². The van der Waals surface area contributed by atoms with Crippen LogP contribution in [0.1, 0.15) is 36.0 Å². The molecule has 0 aromatic heterocycles. The number of carbonyl (C=O) groups excluding carboxylic acids is 1. The van der Waals surface area contributed by atoms with Crippen LogP contribution < -0.4 is 9.62 Å². The van der Waals surface area contributed by atoms with Crippen molar-refractivity contribution in [2.24, 2.45) is 0 Å². The van der Waals surface area contributed by atoms with Gasteiger partial charge in [-0.25, -0.2) is 8.42 Å². The lowest BCUT2D eigenvalue weighted by Crippen LogP contribution is -2.32. The molecule has 5 nitrogen and oxygen atoms in total. The van der Waals surface area contributed by atoms with Gasteiger partial charge in [0, 0.05) is 12.2 Å². The number of amides is 1. The van der Waals surface area contributed by atoms with E-state index in [9.17, 15) is 26.4 Å². The summed E-state index contributed by atoms with van der Waals surface area (Å²) in [4.78, 5) is 14.1. The van der Waals surface area contributed by atoms with E-state index in [0.717, 1.165) is 35.9 Å². The van der Waals surface area contributed by atoms with Crippen LogP contribution in [0, 0.1) is 0 Å². The second-order valence-electron chi connectivity index (χ2n) is 7.02. The summed E-state index contributed by atoms with van der Waals surface area (Å²) in [6.45, 7) is 2.34. The van der Waals surface area contributed by atoms with E-state index in [-0.39, 0.29) is 16.5 Å². The molecule has 2 heterocycles. The molecule has 28 heavy (non-hydrogen) atoms. The van der Waals surface area contributed by atoms with Gasteiger partial charge in [-0.1, -0.05) is 6.07 Å². The second-order valence-corrected chi connectivity index (χ2v) is 8.70. The Bertz CT molecular complexity index is 1080. The highest BCUT2D eigenvalue weighted by atomic mass is 32.2. The average molecular weight is 410 g/mol. The second kappa shape index (κ2) is 6.23. The summed E-state index contributed by atoms with van der Waals surface area (Å²) in [6, 6.07) is 6.99. The van der Waals surface area contributed by atoms with Crippen LogP contribution in [-0.2, 0) is 27.4 Å². The summed E-state index contributed by atoms with van der Waals surface area (Å²) in [6.07, 6.45) is -3.19. The van der Waals surface area contributed by atoms with Gasteiger partial charge in [0.25, 0.3) is 10.0 Å². The van der Waals surface area contributed by atoms with Crippen LogP contribution in [0.25, 0.3) is 0 Å². The van der Waals surface area contributed by atoms with Crippen molar-refractivity contribution in [1.29, 1.82) is 0 Å². The van der Waals surface area contributed by atoms with Gasteiger partial charge >= 0.3 is 6.18 Å². The van der Waals surface area contributed by atoms with E-state index < -0.39 is 27.7 Å². The Morgan fingerprint density at radius 2 is 1.93 bits per heavy atom. The number of rotatable bonds is 3. The fraction of sp³-hybridized carbons (Fsp3) is 0.316. The van der Waals surface area contributed by atoms with E-state index in [4.69, 9.17) is 0 Å². The SMILES string of the molecule is C[C@H]1C(=O)N2CCCc3cc(S(=O)(=O)Nc4cccc(C(F)(F)F)c4)cc1c32. The van der Waals surface area contributed by atoms with Crippen molar-refractivity contribution in [1.82, 2.24) is 0 Å². The Labute approximate surface area is 160 Å². The largest absolute Gasteiger partial charge is 0.416 e. The van der Waals surface area contributed by atoms with Crippen LogP contribution >= 0.6 is 0 Å². The summed E-state index contributed by atoms with van der Waals surface area (Å²) in [5.41, 5.74) is 1.08. The molecule has 0 fully saturated rings. The number of hydrogen-bond acceptors (Lipinski definition) is 3. The number of halogens is 3. The minimum absolute atomic E-state index is 0.0536. The molecule has 2 aliphatic rings. The van der Waals surface area contributed by atoms with Crippen LogP contribution in [0.3, 0.4) is 0 Å². The van der Waals surface area contributed by atoms with E-state index >= 15 is 0 Å². The van der Waals surface area contributed by atoms with Gasteiger partial charge in [-0.15, -0.1) is 0 Å². The maximum Gasteiger partial charge on any atom is 0.416 e. The smallest absolute Gasteiger partial charge is 0.311 e. The van der Waals surface area contributed by atoms with Crippen molar-refractivity contribution in [3.63, 3.8) is 0 Å². The molecule has 9 heteroatoms. The molecule has 2 aromatic carbocycles. The zero-order valence-electron chi connectivity index (χ0n) is 14.9. The molecule has 0 radical (unpaired) electrons. The van der Waals surface area contributed by atoms with Crippen LogP contribution in [-0.4, -0.2) is 20.9 Å². The topological polar surface area (TPSA) is 66.5 Å². The molecular weight excluding hydrogens is 393 g/mol. The number of hydrogen-bond donors (Lipinski definition) is 1. The number of nitrogens with one attached hydrogen (secondary N) is 1. The highest BCUT2D eigenvalue weighted by Crippen LogP contribution is 2.44. The lowest BCUT2D eigenvalue weighted by molar-refractivity contribution is -0.137. The molecule has 0 spiro atoms. The molecule has 1 N–H and O–H groups in total. The van der Waals surface area contributed by atoms with Gasteiger partial charge in [-0.05, 0) is 61.2 Å². The van der Waals surface area contributed by atoms with Crippen molar-refractivity contribution < 1.29 is 26.4 Å². The maximum absolute atomic E-state index is 12.9. The Morgan fingerprint density at radius 1 is 1.18 bits per heavy atom. The maximum atomic E-state index is 12.9. The summed E-state index contributed by atoms with van der Waals surface area (Å²) in [7, 11) is -4.11. The zero-order valence-corrected chi connectivity index (χ0v) is 15.7. The third kappa shape index (κ3) is 3.03. The lowest BCUT2D eigenvalue weighted by Gasteiger charge is -2.26. The third-order valence-corrected chi connectivity index (χ3v) is 6.51. The average Bonchev–Trinajstić information content (AvgIpc) is 2.88. The van der Waals surface area contributed by atoms with Crippen molar-refractivity contribution in [2.45, 2.75) is 36.8 Å². The van der Waals surface area contributed by atoms with E-state index in [2.05, 4.69) is 4.72 Å². The monoisotopic (exact) mass is 410 g/mol. The first-order chi connectivity index (χ1) is 13.1. The van der Waals surface area contributed by atoms with E-state index in [1.807, 2.05) is 0 Å². The molecule has 2 aromatic rings. The highest BCUT2D eigenvalue weighted by Gasteiger charge is 2.39. The van der Waals surface area contributed by atoms with Crippen LogP contribution in [0.2, 0.25) is 0 Å². The van der Waals surface area contributed by atoms with Crippen molar-refractivity contribution >= 4 is 27.3 Å². The minimum Gasteiger partial charge on any atom is -0.311 e. The molecule has 0 saturated carbocycles. The zero-order chi connectivity index (χ0) is 20.3. The number of benzene rings is 2. The normalized spacial score (nSPS) is 18.9. The Kier molecular flexibility index (Phi) is 4.18. The number of anilines is 2. The molecular formula is C19H17F3N2O3S. The first-order valence-electron chi connectivity index (χ1n) is 8.76. The summed E-state index contributed by atoms with van der Waals surface area (Å²) in [5, 5.41) is 0. The molecule has 148 valence electrons. The Morgan fingerprint density at radius 3 is 2.64 bits per heavy atom. The number of nitrogens with zero attached hydrogens (tertiary/aromatic N) is 1. The summed E-state index contributed by atoms with van der Waals surface area (Å²) < 4.78 is 66.5. The molecule has 0 unspecified atom stereocenters.